The number of ether oxygens (including phenoxy) is 4. The number of carbonyl (C=O) groups is 3. The molecule has 2 aromatic carbocycles. The molecule has 0 amide bonds. The predicted octanol–water partition coefficient (Wildman–Crippen LogP) is 5.21. The van der Waals surface area contributed by atoms with Gasteiger partial charge < -0.3 is 18.9 Å². The molecule has 3 rings (SSSR count). The molecule has 0 unspecified atom stereocenters. The third-order valence-electron chi connectivity index (χ3n) is 6.03. The van der Waals surface area contributed by atoms with Crippen LogP contribution in [0.5, 0.6) is 5.75 Å². The van der Waals surface area contributed by atoms with Crippen molar-refractivity contribution < 1.29 is 33.3 Å². The molecule has 8 heteroatoms. The molecule has 0 saturated carbocycles. The average Bonchev–Trinajstić information content (AvgIpc) is 2.78. The molecule has 1 heterocycles. The largest absolute Gasteiger partial charge is 0.458 e. The summed E-state index contributed by atoms with van der Waals surface area (Å²) in [4.78, 5) is 35.0. The lowest BCUT2D eigenvalue weighted by molar-refractivity contribution is -0.225. The van der Waals surface area contributed by atoms with E-state index in [1.165, 1.54) is 20.8 Å². The van der Waals surface area contributed by atoms with Crippen LogP contribution in [0.15, 0.2) is 42.5 Å². The zero-order valence-electron chi connectivity index (χ0n) is 20.6. The maximum atomic E-state index is 12.0. The van der Waals surface area contributed by atoms with Crippen LogP contribution in [-0.2, 0) is 35.0 Å². The summed E-state index contributed by atoms with van der Waals surface area (Å²) in [5.41, 5.74) is 2.60. The summed E-state index contributed by atoms with van der Waals surface area (Å²) in [5, 5.41) is 0.578. The van der Waals surface area contributed by atoms with Gasteiger partial charge in [0.25, 0.3) is 0 Å². The van der Waals surface area contributed by atoms with E-state index in [9.17, 15) is 14.4 Å². The van der Waals surface area contributed by atoms with Gasteiger partial charge in [-0.1, -0.05) is 49.7 Å². The van der Waals surface area contributed by atoms with Crippen LogP contribution in [0.1, 0.15) is 63.8 Å². The SMILES string of the molecule is CC[C@H]1O[C@@H](c2ccc(Cl)c(Cc3ccc(OC(C)=O)cc3)c2)[C@H](OC(C)=O)[C@@H](OC(C)=O)[C@@H]1C. The summed E-state index contributed by atoms with van der Waals surface area (Å²) in [6, 6.07) is 12.7. The molecule has 0 spiro atoms. The maximum absolute atomic E-state index is 12.0. The van der Waals surface area contributed by atoms with E-state index in [1.807, 2.05) is 38.1 Å². The van der Waals surface area contributed by atoms with E-state index in [2.05, 4.69) is 0 Å². The lowest BCUT2D eigenvalue weighted by Crippen LogP contribution is -2.52. The highest BCUT2D eigenvalue weighted by Gasteiger charge is 2.47. The normalized spacial score (nSPS) is 23.9. The summed E-state index contributed by atoms with van der Waals surface area (Å²) < 4.78 is 22.8. The molecule has 5 atom stereocenters. The molecule has 0 radical (unpaired) electrons. The van der Waals surface area contributed by atoms with E-state index in [0.717, 1.165) is 16.7 Å². The second kappa shape index (κ2) is 11.7. The van der Waals surface area contributed by atoms with Crippen molar-refractivity contribution in [3.8, 4) is 5.75 Å². The number of halogens is 1. The number of esters is 3. The zero-order chi connectivity index (χ0) is 25.7. The molecule has 188 valence electrons. The Bertz CT molecular complexity index is 1070. The van der Waals surface area contributed by atoms with Crippen LogP contribution in [0.3, 0.4) is 0 Å². The monoisotopic (exact) mass is 502 g/mol. The molecular weight excluding hydrogens is 472 g/mol. The first-order valence-electron chi connectivity index (χ1n) is 11.6. The van der Waals surface area contributed by atoms with Gasteiger partial charge in [0.2, 0.25) is 0 Å². The predicted molar refractivity (Wildman–Crippen MR) is 130 cm³/mol. The van der Waals surface area contributed by atoms with Crippen LogP contribution in [0.4, 0.5) is 0 Å². The molecular formula is C27H31ClO7. The minimum absolute atomic E-state index is 0.160. The lowest BCUT2D eigenvalue weighted by atomic mass is 9.84. The highest BCUT2D eigenvalue weighted by Crippen LogP contribution is 2.40. The topological polar surface area (TPSA) is 88.1 Å². The van der Waals surface area contributed by atoms with Crippen LogP contribution in [-0.4, -0.2) is 36.2 Å². The molecule has 35 heavy (non-hydrogen) atoms. The third kappa shape index (κ3) is 6.83. The maximum Gasteiger partial charge on any atom is 0.308 e. The van der Waals surface area contributed by atoms with Crippen molar-refractivity contribution in [3.05, 3.63) is 64.2 Å². The quantitative estimate of drug-likeness (QED) is 0.379. The summed E-state index contributed by atoms with van der Waals surface area (Å²) >= 11 is 6.52. The fourth-order valence-electron chi connectivity index (χ4n) is 4.46. The lowest BCUT2D eigenvalue weighted by Gasteiger charge is -2.44. The Kier molecular flexibility index (Phi) is 8.92. The van der Waals surface area contributed by atoms with E-state index in [-0.39, 0.29) is 18.0 Å². The van der Waals surface area contributed by atoms with Gasteiger partial charge in [0.1, 0.15) is 18.0 Å². The minimum atomic E-state index is -0.800. The van der Waals surface area contributed by atoms with Crippen LogP contribution >= 0.6 is 11.6 Å². The molecule has 1 aliphatic rings. The fourth-order valence-corrected chi connectivity index (χ4v) is 4.65. The van der Waals surface area contributed by atoms with Gasteiger partial charge in [0, 0.05) is 31.7 Å². The second-order valence-electron chi connectivity index (χ2n) is 8.78. The summed E-state index contributed by atoms with van der Waals surface area (Å²) in [6.07, 6.45) is -1.04. The Morgan fingerprint density at radius 2 is 1.54 bits per heavy atom. The van der Waals surface area contributed by atoms with Crippen LogP contribution in [0.25, 0.3) is 0 Å². The molecule has 0 bridgehead atoms. The Morgan fingerprint density at radius 3 is 2.11 bits per heavy atom. The smallest absolute Gasteiger partial charge is 0.308 e. The van der Waals surface area contributed by atoms with Crippen molar-refractivity contribution in [2.75, 3.05) is 0 Å². The molecule has 0 aromatic heterocycles. The van der Waals surface area contributed by atoms with Gasteiger partial charge in [-0.05, 0) is 47.7 Å². The fraction of sp³-hybridized carbons (Fsp3) is 0.444. The standard InChI is InChI=1S/C27H31ClO7/c1-6-24-15(2)25(33-17(4)30)27(34-18(5)31)26(35-24)20-9-12-23(28)21(14-20)13-19-7-10-22(11-8-19)32-16(3)29/h7-12,14-15,24-27H,6,13H2,1-5H3/t15-,24-,25+,26+,27-/m1/s1. The molecule has 0 N–H and O–H groups in total. The van der Waals surface area contributed by atoms with Crippen molar-refractivity contribution in [3.63, 3.8) is 0 Å². The number of hydrogen-bond acceptors (Lipinski definition) is 7. The van der Waals surface area contributed by atoms with Gasteiger partial charge >= 0.3 is 17.9 Å². The van der Waals surface area contributed by atoms with Crippen molar-refractivity contribution in [1.29, 1.82) is 0 Å². The van der Waals surface area contributed by atoms with E-state index < -0.39 is 30.3 Å². The average molecular weight is 503 g/mol. The molecule has 2 aromatic rings. The molecule has 0 aliphatic carbocycles. The van der Waals surface area contributed by atoms with Gasteiger partial charge in [-0.3, -0.25) is 14.4 Å². The van der Waals surface area contributed by atoms with Crippen molar-refractivity contribution in [2.45, 2.75) is 71.9 Å². The number of carbonyl (C=O) groups excluding carboxylic acids is 3. The van der Waals surface area contributed by atoms with E-state index in [0.29, 0.717) is 23.6 Å². The Balaban J connectivity index is 1.93. The Labute approximate surface area is 210 Å². The summed E-state index contributed by atoms with van der Waals surface area (Å²) in [7, 11) is 0. The third-order valence-corrected chi connectivity index (χ3v) is 6.40. The zero-order valence-corrected chi connectivity index (χ0v) is 21.3. The molecule has 1 fully saturated rings. The first-order chi connectivity index (χ1) is 16.6. The highest BCUT2D eigenvalue weighted by molar-refractivity contribution is 6.31. The van der Waals surface area contributed by atoms with Gasteiger partial charge in [0.05, 0.1) is 6.10 Å². The van der Waals surface area contributed by atoms with E-state index in [1.54, 1.807) is 18.2 Å². The first-order valence-corrected chi connectivity index (χ1v) is 12.0. The first kappa shape index (κ1) is 26.7. The second-order valence-corrected chi connectivity index (χ2v) is 9.18. The number of benzene rings is 2. The Hall–Kier alpha value is -2.90. The van der Waals surface area contributed by atoms with Crippen LogP contribution in [0.2, 0.25) is 5.02 Å². The number of rotatable bonds is 7. The van der Waals surface area contributed by atoms with Gasteiger partial charge in [-0.15, -0.1) is 0 Å². The van der Waals surface area contributed by atoms with Crippen LogP contribution < -0.4 is 4.74 Å². The van der Waals surface area contributed by atoms with Crippen molar-refractivity contribution in [2.24, 2.45) is 5.92 Å². The van der Waals surface area contributed by atoms with E-state index in [4.69, 9.17) is 30.5 Å². The summed E-state index contributed by atoms with van der Waals surface area (Å²) in [6.45, 7) is 7.95. The van der Waals surface area contributed by atoms with Crippen molar-refractivity contribution >= 4 is 29.5 Å². The van der Waals surface area contributed by atoms with Crippen molar-refractivity contribution in [1.82, 2.24) is 0 Å². The van der Waals surface area contributed by atoms with Crippen LogP contribution in [0, 0.1) is 5.92 Å². The number of hydrogen-bond donors (Lipinski definition) is 0. The molecule has 1 aliphatic heterocycles. The van der Waals surface area contributed by atoms with Gasteiger partial charge in [-0.2, -0.15) is 0 Å². The van der Waals surface area contributed by atoms with Gasteiger partial charge in [0.15, 0.2) is 6.10 Å². The van der Waals surface area contributed by atoms with E-state index >= 15 is 0 Å². The molecule has 7 nitrogen and oxygen atoms in total. The highest BCUT2D eigenvalue weighted by atomic mass is 35.5. The summed E-state index contributed by atoms with van der Waals surface area (Å²) in [5.74, 6) is -0.993. The molecule has 1 saturated heterocycles. The van der Waals surface area contributed by atoms with Gasteiger partial charge in [-0.25, -0.2) is 0 Å². The Morgan fingerprint density at radius 1 is 0.914 bits per heavy atom. The minimum Gasteiger partial charge on any atom is -0.458 e.